The number of imide groups is 1. The van der Waals surface area contributed by atoms with Crippen LogP contribution >= 0.6 is 11.8 Å². The molecule has 1 aliphatic heterocycles. The maximum Gasteiger partial charge on any atom is 0.311 e. The minimum atomic E-state index is -0.719. The molecule has 2 amide bonds. The molecule has 23 heavy (non-hydrogen) atoms. The Morgan fingerprint density at radius 2 is 2.17 bits per heavy atom. The zero-order valence-electron chi connectivity index (χ0n) is 12.2. The van der Waals surface area contributed by atoms with Gasteiger partial charge in [0.25, 0.3) is 11.1 Å². The normalized spacial score (nSPS) is 16.4. The highest BCUT2D eigenvalue weighted by atomic mass is 32.2. The van der Waals surface area contributed by atoms with Crippen molar-refractivity contribution in [3.05, 3.63) is 38.8 Å². The van der Waals surface area contributed by atoms with E-state index in [1.54, 1.807) is 0 Å². The van der Waals surface area contributed by atoms with E-state index in [0.29, 0.717) is 18.6 Å². The van der Waals surface area contributed by atoms with Crippen LogP contribution in [0.2, 0.25) is 0 Å². The predicted molar refractivity (Wildman–Crippen MR) is 83.9 cm³/mol. The van der Waals surface area contributed by atoms with E-state index >= 15 is 0 Å². The molecule has 9 heteroatoms. The Labute approximate surface area is 135 Å². The predicted octanol–water partition coefficient (Wildman–Crippen LogP) is 2.37. The van der Waals surface area contributed by atoms with Crippen molar-refractivity contribution in [2.24, 2.45) is 0 Å². The fraction of sp³-hybridized carbons (Fsp3) is 0.286. The summed E-state index contributed by atoms with van der Waals surface area (Å²) in [6.45, 7) is 0.691. The number of nitro benzene ring substituents is 1. The van der Waals surface area contributed by atoms with Crippen LogP contribution < -0.4 is 0 Å². The van der Waals surface area contributed by atoms with Crippen LogP contribution in [-0.2, 0) is 9.53 Å². The van der Waals surface area contributed by atoms with Crippen LogP contribution in [0.3, 0.4) is 0 Å². The van der Waals surface area contributed by atoms with Crippen molar-refractivity contribution in [2.45, 2.75) is 6.42 Å². The first-order valence-electron chi connectivity index (χ1n) is 6.65. The smallest absolute Gasteiger partial charge is 0.311 e. The summed E-state index contributed by atoms with van der Waals surface area (Å²) in [5, 5.41) is 19.8. The molecule has 8 nitrogen and oxygen atoms in total. The average molecular weight is 338 g/mol. The van der Waals surface area contributed by atoms with E-state index in [2.05, 4.69) is 0 Å². The van der Waals surface area contributed by atoms with Crippen molar-refractivity contribution in [1.29, 1.82) is 0 Å². The standard InChI is InChI=1S/C14H14N2O6S/c1-22-6-2-5-15-13(18)12(23-14(15)19)8-9-3-4-11(17)10(7-9)16(20)21/h3-4,7-8,17H,2,5-6H2,1H3/b12-8+. The summed E-state index contributed by atoms with van der Waals surface area (Å²) in [6.07, 6.45) is 1.93. The summed E-state index contributed by atoms with van der Waals surface area (Å²) in [7, 11) is 1.53. The van der Waals surface area contributed by atoms with E-state index in [4.69, 9.17) is 4.74 Å². The zero-order chi connectivity index (χ0) is 17.0. The third-order valence-electron chi connectivity index (χ3n) is 3.10. The van der Waals surface area contributed by atoms with Crippen LogP contribution in [0.1, 0.15) is 12.0 Å². The number of rotatable bonds is 6. The van der Waals surface area contributed by atoms with Gasteiger partial charge >= 0.3 is 5.69 Å². The van der Waals surface area contributed by atoms with Gasteiger partial charge in [-0.3, -0.25) is 24.6 Å². The van der Waals surface area contributed by atoms with Gasteiger partial charge in [0.1, 0.15) is 0 Å². The van der Waals surface area contributed by atoms with E-state index < -0.39 is 22.3 Å². The quantitative estimate of drug-likeness (QED) is 0.367. The Balaban J connectivity index is 2.20. The van der Waals surface area contributed by atoms with Gasteiger partial charge in [0, 0.05) is 26.3 Å². The molecule has 1 aromatic carbocycles. The lowest BCUT2D eigenvalue weighted by molar-refractivity contribution is -0.385. The number of ether oxygens (including phenoxy) is 1. The van der Waals surface area contributed by atoms with Gasteiger partial charge in [-0.2, -0.15) is 0 Å². The number of amides is 2. The van der Waals surface area contributed by atoms with Crippen molar-refractivity contribution < 1.29 is 24.4 Å². The minimum absolute atomic E-state index is 0.187. The van der Waals surface area contributed by atoms with Crippen molar-refractivity contribution in [1.82, 2.24) is 4.90 Å². The van der Waals surface area contributed by atoms with Crippen LogP contribution in [0.4, 0.5) is 10.5 Å². The highest BCUT2D eigenvalue weighted by Gasteiger charge is 2.34. The molecule has 1 heterocycles. The maximum atomic E-state index is 12.2. The van der Waals surface area contributed by atoms with Gasteiger partial charge in [-0.25, -0.2) is 0 Å². The van der Waals surface area contributed by atoms with Crippen molar-refractivity contribution >= 4 is 34.7 Å². The number of phenolic OH excluding ortho intramolecular Hbond substituents is 1. The summed E-state index contributed by atoms with van der Waals surface area (Å²) in [5.41, 5.74) is -0.102. The lowest BCUT2D eigenvalue weighted by Crippen LogP contribution is -2.29. The molecule has 122 valence electrons. The average Bonchev–Trinajstić information content (AvgIpc) is 2.76. The van der Waals surface area contributed by atoms with Gasteiger partial charge in [-0.05, 0) is 35.9 Å². The number of carbonyl (C=O) groups excluding carboxylic acids is 2. The molecule has 2 rings (SSSR count). The molecule has 1 aromatic rings. The number of phenols is 1. The molecule has 0 atom stereocenters. The molecular formula is C14H14N2O6S. The second-order valence-corrected chi connectivity index (χ2v) is 5.68. The van der Waals surface area contributed by atoms with E-state index in [9.17, 15) is 24.8 Å². The van der Waals surface area contributed by atoms with Crippen LogP contribution in [0, 0.1) is 10.1 Å². The van der Waals surface area contributed by atoms with Crippen molar-refractivity contribution in [3.8, 4) is 5.75 Å². The number of benzene rings is 1. The first kappa shape index (κ1) is 17.0. The minimum Gasteiger partial charge on any atom is -0.502 e. The van der Waals surface area contributed by atoms with E-state index in [1.165, 1.54) is 25.3 Å². The summed E-state index contributed by atoms with van der Waals surface area (Å²) in [6, 6.07) is 3.75. The monoisotopic (exact) mass is 338 g/mol. The second kappa shape index (κ2) is 7.25. The van der Waals surface area contributed by atoms with E-state index in [-0.39, 0.29) is 16.7 Å². The molecular weight excluding hydrogens is 324 g/mol. The molecule has 1 fully saturated rings. The number of hydrogen-bond donors (Lipinski definition) is 1. The summed E-state index contributed by atoms with van der Waals surface area (Å²) < 4.78 is 4.88. The fourth-order valence-electron chi connectivity index (χ4n) is 1.99. The second-order valence-electron chi connectivity index (χ2n) is 4.68. The number of carbonyl (C=O) groups is 2. The van der Waals surface area contributed by atoms with E-state index in [1.807, 2.05) is 0 Å². The third-order valence-corrected chi connectivity index (χ3v) is 4.01. The van der Waals surface area contributed by atoms with E-state index in [0.717, 1.165) is 22.7 Å². The Bertz CT molecular complexity index is 688. The Kier molecular flexibility index (Phi) is 5.35. The lowest BCUT2D eigenvalue weighted by atomic mass is 10.1. The van der Waals surface area contributed by atoms with Gasteiger partial charge in [-0.1, -0.05) is 6.07 Å². The summed E-state index contributed by atoms with van der Waals surface area (Å²) in [5.74, 6) is -0.897. The number of nitro groups is 1. The molecule has 0 saturated carbocycles. The number of methoxy groups -OCH3 is 1. The molecule has 0 aliphatic carbocycles. The summed E-state index contributed by atoms with van der Waals surface area (Å²) in [4.78, 5) is 35.4. The van der Waals surface area contributed by atoms with Crippen LogP contribution in [-0.4, -0.2) is 46.3 Å². The van der Waals surface area contributed by atoms with Crippen LogP contribution in [0.5, 0.6) is 5.75 Å². The van der Waals surface area contributed by atoms with Gasteiger partial charge in [0.2, 0.25) is 0 Å². The van der Waals surface area contributed by atoms with Gasteiger partial charge < -0.3 is 9.84 Å². The molecule has 0 radical (unpaired) electrons. The molecule has 1 saturated heterocycles. The maximum absolute atomic E-state index is 12.2. The Hall–Kier alpha value is -2.39. The highest BCUT2D eigenvalue weighted by molar-refractivity contribution is 8.18. The topological polar surface area (TPSA) is 110 Å². The summed E-state index contributed by atoms with van der Waals surface area (Å²) >= 11 is 0.778. The number of hydrogen-bond acceptors (Lipinski definition) is 7. The van der Waals surface area contributed by atoms with Crippen LogP contribution in [0.15, 0.2) is 23.1 Å². The SMILES string of the molecule is COCCCN1C(=O)S/C(=C/c2ccc(O)c([N+](=O)[O-])c2)C1=O. The van der Waals surface area contributed by atoms with Gasteiger partial charge in [0.15, 0.2) is 5.75 Å². The number of thioether (sulfide) groups is 1. The molecule has 0 spiro atoms. The molecule has 0 aromatic heterocycles. The fourth-order valence-corrected chi connectivity index (χ4v) is 2.85. The van der Waals surface area contributed by atoms with Gasteiger partial charge in [0.05, 0.1) is 9.83 Å². The zero-order valence-corrected chi connectivity index (χ0v) is 13.0. The van der Waals surface area contributed by atoms with Crippen molar-refractivity contribution in [3.63, 3.8) is 0 Å². The lowest BCUT2D eigenvalue weighted by Gasteiger charge is -2.11. The van der Waals surface area contributed by atoms with Crippen LogP contribution in [0.25, 0.3) is 6.08 Å². The van der Waals surface area contributed by atoms with Crippen molar-refractivity contribution in [2.75, 3.05) is 20.3 Å². The molecule has 0 bridgehead atoms. The van der Waals surface area contributed by atoms with Gasteiger partial charge in [-0.15, -0.1) is 0 Å². The first-order valence-corrected chi connectivity index (χ1v) is 7.47. The first-order chi connectivity index (χ1) is 10.9. The molecule has 0 unspecified atom stereocenters. The third kappa shape index (κ3) is 3.88. The Morgan fingerprint density at radius 1 is 1.43 bits per heavy atom. The molecule has 1 N–H and O–H groups in total. The number of nitrogens with zero attached hydrogens (tertiary/aromatic N) is 2. The largest absolute Gasteiger partial charge is 0.502 e. The Morgan fingerprint density at radius 3 is 2.83 bits per heavy atom. The molecule has 1 aliphatic rings. The highest BCUT2D eigenvalue weighted by Crippen LogP contribution is 2.34. The number of aromatic hydroxyl groups is 1.